The number of phenolic OH excluding ortho intramolecular Hbond substituents is 1. The molecule has 224 valence electrons. The Morgan fingerprint density at radius 3 is 1.34 bits per heavy atom. The fourth-order valence-corrected chi connectivity index (χ4v) is 3.64. The molecule has 0 fully saturated rings. The van der Waals surface area contributed by atoms with Gasteiger partial charge >= 0.3 is 23.9 Å². The van der Waals surface area contributed by atoms with Gasteiger partial charge in [0.25, 0.3) is 0 Å². The minimum atomic E-state index is -0.635. The van der Waals surface area contributed by atoms with Gasteiger partial charge in [-0.05, 0) is 110 Å². The summed E-state index contributed by atoms with van der Waals surface area (Å²) in [5.74, 6) is -0.937. The van der Waals surface area contributed by atoms with Crippen molar-refractivity contribution in [3.63, 3.8) is 0 Å². The minimum absolute atomic E-state index is 0.0320. The largest absolute Gasteiger partial charge is 0.508 e. The number of benzene rings is 4. The lowest BCUT2D eigenvalue weighted by Gasteiger charge is -2.09. The molecule has 0 heterocycles. The maximum Gasteiger partial charge on any atom is 0.343 e. The molecular weight excluding hydrogens is 568 g/mol. The predicted octanol–water partition coefficient (Wildman–Crippen LogP) is 5.94. The molecule has 4 aromatic rings. The van der Waals surface area contributed by atoms with Crippen molar-refractivity contribution in [1.29, 1.82) is 0 Å². The van der Waals surface area contributed by atoms with E-state index in [0.717, 1.165) is 6.08 Å². The second-order valence-electron chi connectivity index (χ2n) is 9.16. The minimum Gasteiger partial charge on any atom is -0.508 e. The second kappa shape index (κ2) is 15.4. The third-order valence-electron chi connectivity index (χ3n) is 5.96. The topological polar surface area (TPSA) is 135 Å². The monoisotopic (exact) mass is 596 g/mol. The average molecular weight is 597 g/mol. The average Bonchev–Trinajstić information content (AvgIpc) is 3.04. The summed E-state index contributed by atoms with van der Waals surface area (Å²) in [6.07, 6.45) is 2.45. The first kappa shape index (κ1) is 31.0. The van der Waals surface area contributed by atoms with Crippen LogP contribution in [0.15, 0.2) is 110 Å². The highest BCUT2D eigenvalue weighted by atomic mass is 16.5. The van der Waals surface area contributed by atoms with Crippen LogP contribution in [0.5, 0.6) is 28.7 Å². The van der Waals surface area contributed by atoms with E-state index in [-0.39, 0.29) is 34.1 Å². The van der Waals surface area contributed by atoms with Crippen molar-refractivity contribution in [1.82, 2.24) is 0 Å². The molecule has 0 aliphatic carbocycles. The van der Waals surface area contributed by atoms with Crippen LogP contribution in [-0.4, -0.2) is 42.2 Å². The maximum atomic E-state index is 12.6. The summed E-state index contributed by atoms with van der Waals surface area (Å²) in [5.41, 5.74) is 0.811. The quantitative estimate of drug-likeness (QED) is 0.0855. The van der Waals surface area contributed by atoms with Crippen molar-refractivity contribution >= 4 is 23.9 Å². The lowest BCUT2D eigenvalue weighted by molar-refractivity contribution is -0.137. The first-order valence-electron chi connectivity index (χ1n) is 13.5. The third-order valence-corrected chi connectivity index (χ3v) is 5.96. The third kappa shape index (κ3) is 9.31. The second-order valence-corrected chi connectivity index (χ2v) is 9.16. The highest BCUT2D eigenvalue weighted by Crippen LogP contribution is 2.22. The van der Waals surface area contributed by atoms with Crippen molar-refractivity contribution in [2.24, 2.45) is 0 Å². The summed E-state index contributed by atoms with van der Waals surface area (Å²) in [4.78, 5) is 48.3. The van der Waals surface area contributed by atoms with Crippen LogP contribution < -0.4 is 18.9 Å². The number of carbonyl (C=O) groups is 4. The van der Waals surface area contributed by atoms with Gasteiger partial charge in [0.15, 0.2) is 0 Å². The van der Waals surface area contributed by atoms with Crippen LogP contribution in [0.25, 0.3) is 0 Å². The molecule has 0 radical (unpaired) electrons. The summed E-state index contributed by atoms with van der Waals surface area (Å²) < 4.78 is 26.6. The van der Waals surface area contributed by atoms with Crippen molar-refractivity contribution in [3.05, 3.63) is 126 Å². The Morgan fingerprint density at radius 2 is 0.909 bits per heavy atom. The van der Waals surface area contributed by atoms with Gasteiger partial charge in [0.1, 0.15) is 28.7 Å². The van der Waals surface area contributed by atoms with Gasteiger partial charge in [-0.3, -0.25) is 0 Å². The molecule has 0 unspecified atom stereocenters. The van der Waals surface area contributed by atoms with E-state index in [2.05, 4.69) is 6.58 Å². The maximum absolute atomic E-state index is 12.6. The molecule has 0 aliphatic rings. The molecule has 4 aromatic carbocycles. The van der Waals surface area contributed by atoms with Crippen LogP contribution in [0.2, 0.25) is 0 Å². The van der Waals surface area contributed by atoms with Crippen LogP contribution in [0.4, 0.5) is 0 Å². The molecule has 0 amide bonds. The van der Waals surface area contributed by atoms with Crippen LogP contribution in [-0.2, 0) is 9.53 Å². The Hall–Kier alpha value is -5.90. The van der Waals surface area contributed by atoms with Gasteiger partial charge in [0, 0.05) is 6.08 Å². The highest BCUT2D eigenvalue weighted by molar-refractivity contribution is 5.93. The van der Waals surface area contributed by atoms with E-state index < -0.39 is 23.9 Å². The molecule has 10 nitrogen and oxygen atoms in total. The molecule has 0 spiro atoms. The van der Waals surface area contributed by atoms with E-state index in [9.17, 15) is 24.3 Å². The SMILES string of the molecule is C=CC(=O)OCCCCOc1ccc(C(=O)Oc2ccc(OC(=O)c3ccc(OC(=O)c4ccc(O)cc4)cc3)cc2)cc1. The van der Waals surface area contributed by atoms with E-state index in [1.54, 1.807) is 24.3 Å². The van der Waals surface area contributed by atoms with Crippen LogP contribution in [0.1, 0.15) is 43.9 Å². The molecule has 0 saturated heterocycles. The summed E-state index contributed by atoms with van der Waals surface area (Å²) in [7, 11) is 0. The van der Waals surface area contributed by atoms with Crippen LogP contribution >= 0.6 is 0 Å². The van der Waals surface area contributed by atoms with E-state index in [1.165, 1.54) is 72.8 Å². The van der Waals surface area contributed by atoms with Crippen molar-refractivity contribution in [2.75, 3.05) is 13.2 Å². The lowest BCUT2D eigenvalue weighted by atomic mass is 10.2. The zero-order chi connectivity index (χ0) is 31.3. The molecule has 0 aliphatic heterocycles. The zero-order valence-corrected chi connectivity index (χ0v) is 23.5. The summed E-state index contributed by atoms with van der Waals surface area (Å²) in [6, 6.07) is 23.9. The number of esters is 4. The molecule has 0 atom stereocenters. The highest BCUT2D eigenvalue weighted by Gasteiger charge is 2.13. The number of phenols is 1. The Labute approximate surface area is 253 Å². The van der Waals surface area contributed by atoms with Gasteiger partial charge in [0.2, 0.25) is 0 Å². The number of rotatable bonds is 13. The van der Waals surface area contributed by atoms with E-state index in [0.29, 0.717) is 37.4 Å². The first-order valence-corrected chi connectivity index (χ1v) is 13.5. The van der Waals surface area contributed by atoms with E-state index in [4.69, 9.17) is 23.7 Å². The van der Waals surface area contributed by atoms with E-state index >= 15 is 0 Å². The molecule has 0 bridgehead atoms. The summed E-state index contributed by atoms with van der Waals surface area (Å²) in [6.45, 7) is 4.05. The molecular formula is C34H28O10. The van der Waals surface area contributed by atoms with Crippen LogP contribution in [0, 0.1) is 0 Å². The Bertz CT molecular complexity index is 1590. The molecule has 10 heteroatoms. The van der Waals surface area contributed by atoms with Crippen molar-refractivity contribution in [3.8, 4) is 28.7 Å². The van der Waals surface area contributed by atoms with Gasteiger partial charge in [-0.2, -0.15) is 0 Å². The lowest BCUT2D eigenvalue weighted by Crippen LogP contribution is -2.10. The Balaban J connectivity index is 1.21. The van der Waals surface area contributed by atoms with Gasteiger partial charge in [0.05, 0.1) is 29.9 Å². The molecule has 0 aromatic heterocycles. The van der Waals surface area contributed by atoms with Gasteiger partial charge in [-0.15, -0.1) is 0 Å². The fourth-order valence-electron chi connectivity index (χ4n) is 3.64. The molecule has 0 saturated carbocycles. The number of carbonyl (C=O) groups excluding carboxylic acids is 4. The summed E-state index contributed by atoms with van der Waals surface area (Å²) in [5, 5.41) is 9.34. The number of hydrogen-bond acceptors (Lipinski definition) is 10. The smallest absolute Gasteiger partial charge is 0.343 e. The Kier molecular flexibility index (Phi) is 10.8. The van der Waals surface area contributed by atoms with Gasteiger partial charge < -0.3 is 28.8 Å². The number of aromatic hydroxyl groups is 1. The molecule has 44 heavy (non-hydrogen) atoms. The van der Waals surface area contributed by atoms with Crippen LogP contribution in [0.3, 0.4) is 0 Å². The van der Waals surface area contributed by atoms with Gasteiger partial charge in [-0.1, -0.05) is 6.58 Å². The normalized spacial score (nSPS) is 10.3. The van der Waals surface area contributed by atoms with Gasteiger partial charge in [-0.25, -0.2) is 19.2 Å². The van der Waals surface area contributed by atoms with Crippen molar-refractivity contribution < 1.29 is 48.0 Å². The number of hydrogen-bond donors (Lipinski definition) is 1. The molecule has 4 rings (SSSR count). The van der Waals surface area contributed by atoms with E-state index in [1.807, 2.05) is 0 Å². The molecule has 1 N–H and O–H groups in total. The first-order chi connectivity index (χ1) is 21.3. The summed E-state index contributed by atoms with van der Waals surface area (Å²) >= 11 is 0. The Morgan fingerprint density at radius 1 is 0.545 bits per heavy atom. The zero-order valence-electron chi connectivity index (χ0n) is 23.5. The fraction of sp³-hybridized carbons (Fsp3) is 0.118. The predicted molar refractivity (Wildman–Crippen MR) is 158 cm³/mol. The standard InChI is InChI=1S/C34H28O10/c1-2-31(36)41-22-4-3-21-40-27-13-7-24(8-14-27)33(38)43-29-17-19-30(20-18-29)44-34(39)25-9-15-28(16-10-25)42-32(37)23-5-11-26(35)12-6-23/h2,5-20,35H,1,3-4,21-22H2. The number of ether oxygens (including phenoxy) is 5. The van der Waals surface area contributed by atoms with Crippen molar-refractivity contribution in [2.45, 2.75) is 12.8 Å². The number of unbranched alkanes of at least 4 members (excludes halogenated alkanes) is 1.